The Balaban J connectivity index is 1.52. The van der Waals surface area contributed by atoms with E-state index in [1.807, 2.05) is 0 Å². The van der Waals surface area contributed by atoms with E-state index in [4.69, 9.17) is 9.84 Å². The maximum absolute atomic E-state index is 12.6. The average Bonchev–Trinajstić information content (AvgIpc) is 3.24. The van der Waals surface area contributed by atoms with E-state index in [-0.39, 0.29) is 11.7 Å². The zero-order chi connectivity index (χ0) is 24.4. The number of aromatic nitrogens is 1. The molecule has 0 atom stereocenters. The number of urea groups is 1. The average molecular weight is 460 g/mol. The van der Waals surface area contributed by atoms with Crippen molar-refractivity contribution in [3.8, 4) is 5.75 Å². The van der Waals surface area contributed by atoms with Gasteiger partial charge in [-0.15, -0.1) is 0 Å². The molecule has 0 aliphatic carbocycles. The lowest BCUT2D eigenvalue weighted by Gasteiger charge is -2.08. The van der Waals surface area contributed by atoms with Gasteiger partial charge in [-0.05, 0) is 44.2 Å². The predicted octanol–water partition coefficient (Wildman–Crippen LogP) is 4.14. The Labute approximate surface area is 193 Å². The quantitative estimate of drug-likeness (QED) is 0.292. The van der Waals surface area contributed by atoms with Crippen molar-refractivity contribution in [3.63, 3.8) is 0 Å². The number of carboxylic acid groups (broad SMARTS) is 1. The molecule has 10 nitrogen and oxygen atoms in total. The number of anilines is 2. The lowest BCUT2D eigenvalue weighted by Crippen LogP contribution is -2.34. The summed E-state index contributed by atoms with van der Waals surface area (Å²) in [7, 11) is 0. The molecule has 5 N–H and O–H groups in total. The zero-order valence-electron chi connectivity index (χ0n) is 18.2. The minimum Gasteiger partial charge on any atom is -0.449 e. The number of rotatable bonds is 4. The highest BCUT2D eigenvalue weighted by atomic mass is 16.7. The van der Waals surface area contributed by atoms with Crippen LogP contribution in [0.25, 0.3) is 11.6 Å². The molecule has 1 aliphatic heterocycles. The molecule has 172 valence electrons. The number of hydrogen-bond acceptors (Lipinski definition) is 5. The monoisotopic (exact) mass is 460 g/mol. The maximum Gasteiger partial charge on any atom is 0.511 e. The molecule has 1 aromatic heterocycles. The fourth-order valence-corrected chi connectivity index (χ4v) is 3.63. The molecule has 3 aromatic rings. The fraction of sp³-hybridized carbons (Fsp3) is 0.0833. The Morgan fingerprint density at radius 2 is 1.79 bits per heavy atom. The van der Waals surface area contributed by atoms with Crippen LogP contribution < -0.4 is 20.7 Å². The van der Waals surface area contributed by atoms with E-state index in [0.29, 0.717) is 45.0 Å². The number of nitrogens with one attached hydrogen (secondary N) is 4. The van der Waals surface area contributed by atoms with E-state index >= 15 is 0 Å². The van der Waals surface area contributed by atoms with Gasteiger partial charge in [-0.1, -0.05) is 24.3 Å². The summed E-state index contributed by atoms with van der Waals surface area (Å²) in [4.78, 5) is 50.9. The van der Waals surface area contributed by atoms with Crippen LogP contribution in [0, 0.1) is 13.8 Å². The van der Waals surface area contributed by atoms with Gasteiger partial charge in [0.05, 0.1) is 17.0 Å². The van der Waals surface area contributed by atoms with E-state index in [2.05, 4.69) is 20.9 Å². The lowest BCUT2D eigenvalue weighted by molar-refractivity contribution is -0.110. The summed E-state index contributed by atoms with van der Waals surface area (Å²) < 4.78 is 4.81. The first-order chi connectivity index (χ1) is 16.2. The molecular weight excluding hydrogens is 440 g/mol. The standard InChI is InChI=1S/C24H20N4O6/c1-12-18(25-13(2)20(12)34-24(32)33)11-17-16-9-8-15(10-19(16)27-22(17)30)26-23(31)28-21(29)14-6-4-3-5-7-14/h3-11,25H,1-2H3,(H,27,30)(H,32,33)(H2,26,28,29,31)/b17-11-. The number of aromatic amines is 1. The van der Waals surface area contributed by atoms with Crippen molar-refractivity contribution in [2.45, 2.75) is 13.8 Å². The largest absolute Gasteiger partial charge is 0.511 e. The molecule has 0 fully saturated rings. The Morgan fingerprint density at radius 3 is 2.50 bits per heavy atom. The van der Waals surface area contributed by atoms with Crippen LogP contribution in [0.15, 0.2) is 48.5 Å². The van der Waals surface area contributed by atoms with Crippen molar-refractivity contribution >= 4 is 47.0 Å². The number of imide groups is 1. The Hall–Kier alpha value is -4.86. The Kier molecular flexibility index (Phi) is 5.88. The highest BCUT2D eigenvalue weighted by Gasteiger charge is 2.26. The third kappa shape index (κ3) is 4.51. The number of benzene rings is 2. The smallest absolute Gasteiger partial charge is 0.449 e. The molecular formula is C24H20N4O6. The van der Waals surface area contributed by atoms with Crippen molar-refractivity contribution in [1.82, 2.24) is 10.3 Å². The van der Waals surface area contributed by atoms with Crippen LogP contribution >= 0.6 is 0 Å². The summed E-state index contributed by atoms with van der Waals surface area (Å²) >= 11 is 0. The molecule has 0 radical (unpaired) electrons. The van der Waals surface area contributed by atoms with Gasteiger partial charge >= 0.3 is 12.2 Å². The lowest BCUT2D eigenvalue weighted by atomic mass is 10.0. The van der Waals surface area contributed by atoms with Crippen LogP contribution in [-0.4, -0.2) is 34.1 Å². The summed E-state index contributed by atoms with van der Waals surface area (Å²) in [5, 5.41) is 16.5. The van der Waals surface area contributed by atoms with Gasteiger partial charge in [0.2, 0.25) is 0 Å². The van der Waals surface area contributed by atoms with Crippen LogP contribution in [0.4, 0.5) is 21.0 Å². The fourth-order valence-electron chi connectivity index (χ4n) is 3.63. The molecule has 0 bridgehead atoms. The number of aryl methyl sites for hydroxylation is 1. The molecule has 2 aromatic carbocycles. The van der Waals surface area contributed by atoms with Crippen LogP contribution in [0.3, 0.4) is 0 Å². The second-order valence-electron chi connectivity index (χ2n) is 7.53. The predicted molar refractivity (Wildman–Crippen MR) is 125 cm³/mol. The van der Waals surface area contributed by atoms with Gasteiger partial charge in [-0.25, -0.2) is 9.59 Å². The van der Waals surface area contributed by atoms with Gasteiger partial charge in [0.1, 0.15) is 0 Å². The van der Waals surface area contributed by atoms with Gasteiger partial charge in [-0.3, -0.25) is 14.9 Å². The summed E-state index contributed by atoms with van der Waals surface area (Å²) in [5.74, 6) is -0.711. The third-order valence-electron chi connectivity index (χ3n) is 5.21. The number of H-pyrrole nitrogens is 1. The highest BCUT2D eigenvalue weighted by molar-refractivity contribution is 6.35. The first kappa shape index (κ1) is 22.3. The van der Waals surface area contributed by atoms with E-state index in [0.717, 1.165) is 0 Å². The Morgan fingerprint density at radius 1 is 1.06 bits per heavy atom. The minimum absolute atomic E-state index is 0.189. The molecule has 0 saturated carbocycles. The first-order valence-corrected chi connectivity index (χ1v) is 10.2. The van der Waals surface area contributed by atoms with E-state index in [1.54, 1.807) is 68.5 Å². The van der Waals surface area contributed by atoms with Gasteiger partial charge in [0.25, 0.3) is 11.8 Å². The highest BCUT2D eigenvalue weighted by Crippen LogP contribution is 2.36. The van der Waals surface area contributed by atoms with Crippen LogP contribution in [0.2, 0.25) is 0 Å². The number of amides is 4. The van der Waals surface area contributed by atoms with Gasteiger partial charge in [-0.2, -0.15) is 0 Å². The topological polar surface area (TPSA) is 150 Å². The molecule has 1 aliphatic rings. The summed E-state index contributed by atoms with van der Waals surface area (Å²) in [6, 6.07) is 12.5. The second-order valence-corrected chi connectivity index (χ2v) is 7.53. The van der Waals surface area contributed by atoms with Gasteiger partial charge < -0.3 is 25.5 Å². The molecule has 34 heavy (non-hydrogen) atoms. The SMILES string of the molecule is Cc1[nH]c(/C=C2\C(=O)Nc3cc(NC(=O)NC(=O)c4ccccc4)ccc32)c(C)c1OC(=O)O. The van der Waals surface area contributed by atoms with Gasteiger partial charge in [0, 0.05) is 28.1 Å². The zero-order valence-corrected chi connectivity index (χ0v) is 18.2. The first-order valence-electron chi connectivity index (χ1n) is 10.2. The summed E-state index contributed by atoms with van der Waals surface area (Å²) in [6.45, 7) is 3.35. The Bertz CT molecular complexity index is 1360. The minimum atomic E-state index is -1.43. The maximum atomic E-state index is 12.6. The normalized spacial score (nSPS) is 13.2. The number of carbonyl (C=O) groups excluding carboxylic acids is 3. The number of fused-ring (bicyclic) bond motifs is 1. The van der Waals surface area contributed by atoms with Crippen molar-refractivity contribution in [3.05, 3.63) is 76.6 Å². The molecule has 0 spiro atoms. The number of ether oxygens (including phenoxy) is 1. The van der Waals surface area contributed by atoms with Crippen LogP contribution in [-0.2, 0) is 4.79 Å². The van der Waals surface area contributed by atoms with Crippen LogP contribution in [0.5, 0.6) is 5.75 Å². The summed E-state index contributed by atoms with van der Waals surface area (Å²) in [5.41, 5.74) is 3.76. The van der Waals surface area contributed by atoms with Crippen molar-refractivity contribution in [1.29, 1.82) is 0 Å². The van der Waals surface area contributed by atoms with Crippen molar-refractivity contribution in [2.75, 3.05) is 10.6 Å². The van der Waals surface area contributed by atoms with E-state index < -0.39 is 18.1 Å². The van der Waals surface area contributed by atoms with Gasteiger partial charge in [0.15, 0.2) is 5.75 Å². The van der Waals surface area contributed by atoms with Crippen LogP contribution in [0.1, 0.15) is 32.9 Å². The van der Waals surface area contributed by atoms with E-state index in [1.165, 1.54) is 0 Å². The molecule has 0 unspecified atom stereocenters. The number of hydrogen-bond donors (Lipinski definition) is 5. The number of carbonyl (C=O) groups is 4. The molecule has 10 heteroatoms. The summed E-state index contributed by atoms with van der Waals surface area (Å²) in [6.07, 6.45) is 0.180. The molecule has 0 saturated heterocycles. The van der Waals surface area contributed by atoms with Crippen molar-refractivity contribution in [2.24, 2.45) is 0 Å². The van der Waals surface area contributed by atoms with Crippen molar-refractivity contribution < 1.29 is 29.0 Å². The second kappa shape index (κ2) is 8.94. The molecule has 4 rings (SSSR count). The molecule has 4 amide bonds. The van der Waals surface area contributed by atoms with E-state index in [9.17, 15) is 19.2 Å². The molecule has 2 heterocycles. The third-order valence-corrected chi connectivity index (χ3v) is 5.21.